The van der Waals surface area contributed by atoms with Gasteiger partial charge < -0.3 is 5.32 Å². The predicted molar refractivity (Wildman–Crippen MR) is 57.3 cm³/mol. The van der Waals surface area contributed by atoms with Gasteiger partial charge in [-0.2, -0.15) is 0 Å². The van der Waals surface area contributed by atoms with Crippen molar-refractivity contribution in [1.82, 2.24) is 15.5 Å². The molecule has 1 aliphatic heterocycles. The second-order valence-corrected chi connectivity index (χ2v) is 3.76. The van der Waals surface area contributed by atoms with Crippen molar-refractivity contribution in [3.8, 4) is 0 Å². The maximum absolute atomic E-state index is 11.5. The third-order valence-corrected chi connectivity index (χ3v) is 2.61. The first kappa shape index (κ1) is 12.1. The first-order chi connectivity index (χ1) is 7.19. The zero-order valence-electron chi connectivity index (χ0n) is 9.38. The molecule has 1 unspecified atom stereocenters. The van der Waals surface area contributed by atoms with E-state index in [4.69, 9.17) is 0 Å². The molecule has 0 aliphatic carbocycles. The topological polar surface area (TPSA) is 61.4 Å². The van der Waals surface area contributed by atoms with Crippen LogP contribution in [0.5, 0.6) is 0 Å². The van der Waals surface area contributed by atoms with Crippen LogP contribution in [0.4, 0.5) is 0 Å². The summed E-state index contributed by atoms with van der Waals surface area (Å²) in [5.41, 5.74) is 0. The predicted octanol–water partition coefficient (Wildman–Crippen LogP) is -0.667. The van der Waals surface area contributed by atoms with Gasteiger partial charge in [-0.15, -0.1) is 0 Å². The Labute approximate surface area is 90.2 Å². The van der Waals surface area contributed by atoms with Gasteiger partial charge in [0.25, 0.3) is 0 Å². The molecule has 0 spiro atoms. The Kier molecular flexibility index (Phi) is 4.71. The van der Waals surface area contributed by atoms with Crippen LogP contribution < -0.4 is 10.6 Å². The van der Waals surface area contributed by atoms with E-state index in [1.165, 1.54) is 0 Å². The lowest BCUT2D eigenvalue weighted by atomic mass is 10.1. The van der Waals surface area contributed by atoms with Crippen molar-refractivity contribution in [2.45, 2.75) is 25.8 Å². The van der Waals surface area contributed by atoms with E-state index in [-0.39, 0.29) is 17.9 Å². The van der Waals surface area contributed by atoms with Gasteiger partial charge in [-0.1, -0.05) is 6.92 Å². The van der Waals surface area contributed by atoms with Crippen molar-refractivity contribution >= 4 is 11.8 Å². The van der Waals surface area contributed by atoms with E-state index in [0.717, 1.165) is 25.9 Å². The summed E-state index contributed by atoms with van der Waals surface area (Å²) in [7, 11) is 1.89. The number of imide groups is 1. The third kappa shape index (κ3) is 3.28. The molecule has 1 aliphatic rings. The summed E-state index contributed by atoms with van der Waals surface area (Å²) < 4.78 is 0. The highest BCUT2D eigenvalue weighted by Gasteiger charge is 2.31. The van der Waals surface area contributed by atoms with Crippen molar-refractivity contribution in [1.29, 1.82) is 0 Å². The van der Waals surface area contributed by atoms with Crippen LogP contribution in [0.1, 0.15) is 19.8 Å². The summed E-state index contributed by atoms with van der Waals surface area (Å²) in [5, 5.41) is 5.42. The van der Waals surface area contributed by atoms with Gasteiger partial charge in [0, 0.05) is 6.54 Å². The summed E-state index contributed by atoms with van der Waals surface area (Å²) in [6.45, 7) is 4.00. The molecule has 0 aromatic carbocycles. The molecule has 0 radical (unpaired) electrons. The summed E-state index contributed by atoms with van der Waals surface area (Å²) in [5.74, 6) is -0.340. The average Bonchev–Trinajstić information content (AvgIpc) is 2.17. The highest BCUT2D eigenvalue weighted by atomic mass is 16.2. The molecule has 15 heavy (non-hydrogen) atoms. The highest BCUT2D eigenvalue weighted by Crippen LogP contribution is 2.09. The molecular formula is C10H19N3O2. The first-order valence-electron chi connectivity index (χ1n) is 5.41. The van der Waals surface area contributed by atoms with Crippen molar-refractivity contribution in [3.63, 3.8) is 0 Å². The number of carbonyl (C=O) groups is 2. The highest BCUT2D eigenvalue weighted by molar-refractivity contribution is 6.01. The fourth-order valence-corrected chi connectivity index (χ4v) is 1.86. The SMILES string of the molecule is CCC1C(=O)NC(=O)CN1CCCNC. The maximum atomic E-state index is 11.5. The van der Waals surface area contributed by atoms with E-state index >= 15 is 0 Å². The molecule has 2 N–H and O–H groups in total. The van der Waals surface area contributed by atoms with Crippen molar-refractivity contribution in [2.24, 2.45) is 0 Å². The van der Waals surface area contributed by atoms with Gasteiger partial charge >= 0.3 is 0 Å². The van der Waals surface area contributed by atoms with E-state index in [1.54, 1.807) is 0 Å². The van der Waals surface area contributed by atoms with Gasteiger partial charge in [-0.3, -0.25) is 19.8 Å². The second kappa shape index (κ2) is 5.82. The lowest BCUT2D eigenvalue weighted by Crippen LogP contribution is -2.58. The first-order valence-corrected chi connectivity index (χ1v) is 5.41. The van der Waals surface area contributed by atoms with Gasteiger partial charge in [0.1, 0.15) is 0 Å². The van der Waals surface area contributed by atoms with Gasteiger partial charge in [-0.05, 0) is 26.4 Å². The number of nitrogens with one attached hydrogen (secondary N) is 2. The molecule has 5 heteroatoms. The minimum Gasteiger partial charge on any atom is -0.320 e. The molecule has 1 heterocycles. The van der Waals surface area contributed by atoms with Crippen LogP contribution in [0, 0.1) is 0 Å². The average molecular weight is 213 g/mol. The van der Waals surface area contributed by atoms with Crippen molar-refractivity contribution < 1.29 is 9.59 Å². The van der Waals surface area contributed by atoms with Gasteiger partial charge in [0.2, 0.25) is 11.8 Å². The van der Waals surface area contributed by atoms with Gasteiger partial charge in [0.05, 0.1) is 12.6 Å². The maximum Gasteiger partial charge on any atom is 0.243 e. The van der Waals surface area contributed by atoms with Gasteiger partial charge in [0.15, 0.2) is 0 Å². The number of nitrogens with zero attached hydrogens (tertiary/aromatic N) is 1. The molecule has 0 bridgehead atoms. The van der Waals surface area contributed by atoms with E-state index in [1.807, 2.05) is 18.9 Å². The zero-order chi connectivity index (χ0) is 11.3. The summed E-state index contributed by atoms with van der Waals surface area (Å²) >= 11 is 0. The van der Waals surface area contributed by atoms with Gasteiger partial charge in [-0.25, -0.2) is 0 Å². The molecule has 0 saturated carbocycles. The lowest BCUT2D eigenvalue weighted by Gasteiger charge is -2.33. The molecule has 86 valence electrons. The fraction of sp³-hybridized carbons (Fsp3) is 0.800. The van der Waals surface area contributed by atoms with Crippen molar-refractivity contribution in [3.05, 3.63) is 0 Å². The Balaban J connectivity index is 2.49. The molecule has 5 nitrogen and oxygen atoms in total. The number of rotatable bonds is 5. The normalized spacial score (nSPS) is 22.9. The molecule has 0 aromatic rings. The number of hydrogen-bond donors (Lipinski definition) is 2. The monoisotopic (exact) mass is 213 g/mol. The molecule has 1 rings (SSSR count). The Hall–Kier alpha value is -0.940. The van der Waals surface area contributed by atoms with Crippen LogP contribution in [0.3, 0.4) is 0 Å². The third-order valence-electron chi connectivity index (χ3n) is 2.61. The Bertz CT molecular complexity index is 243. The summed E-state index contributed by atoms with van der Waals surface area (Å²) in [4.78, 5) is 24.6. The summed E-state index contributed by atoms with van der Waals surface area (Å²) in [6.07, 6.45) is 1.70. The standard InChI is InChI=1S/C10H19N3O2/c1-3-8-10(15)12-9(14)7-13(8)6-4-5-11-2/h8,11H,3-7H2,1-2H3,(H,12,14,15). The van der Waals surface area contributed by atoms with Crippen LogP contribution in [0.15, 0.2) is 0 Å². The molecule has 1 fully saturated rings. The van der Waals surface area contributed by atoms with Crippen LogP contribution in [-0.4, -0.2) is 49.4 Å². The molecule has 1 saturated heterocycles. The van der Waals surface area contributed by atoms with E-state index in [9.17, 15) is 9.59 Å². The molecule has 0 aromatic heterocycles. The van der Waals surface area contributed by atoms with E-state index < -0.39 is 0 Å². The minimum absolute atomic E-state index is 0.139. The lowest BCUT2D eigenvalue weighted by molar-refractivity contribution is -0.140. The minimum atomic E-state index is -0.186. The Morgan fingerprint density at radius 3 is 2.87 bits per heavy atom. The largest absolute Gasteiger partial charge is 0.320 e. The fourth-order valence-electron chi connectivity index (χ4n) is 1.86. The molecule has 2 amide bonds. The Morgan fingerprint density at radius 1 is 1.53 bits per heavy atom. The zero-order valence-corrected chi connectivity index (χ0v) is 9.38. The number of piperazine rings is 1. The quantitative estimate of drug-likeness (QED) is 0.470. The van der Waals surface area contributed by atoms with E-state index in [2.05, 4.69) is 10.6 Å². The smallest absolute Gasteiger partial charge is 0.243 e. The number of amides is 2. The van der Waals surface area contributed by atoms with Crippen molar-refractivity contribution in [2.75, 3.05) is 26.7 Å². The molecular weight excluding hydrogens is 194 g/mol. The van der Waals surface area contributed by atoms with Crippen LogP contribution >= 0.6 is 0 Å². The van der Waals surface area contributed by atoms with Crippen LogP contribution in [0.2, 0.25) is 0 Å². The summed E-state index contributed by atoms with van der Waals surface area (Å²) in [6, 6.07) is -0.139. The van der Waals surface area contributed by atoms with Crippen LogP contribution in [0.25, 0.3) is 0 Å². The number of hydrogen-bond acceptors (Lipinski definition) is 4. The van der Waals surface area contributed by atoms with E-state index in [0.29, 0.717) is 6.54 Å². The Morgan fingerprint density at radius 2 is 2.27 bits per heavy atom. The van der Waals surface area contributed by atoms with Crippen LogP contribution in [-0.2, 0) is 9.59 Å². The number of carbonyl (C=O) groups excluding carboxylic acids is 2. The molecule has 1 atom stereocenters. The second-order valence-electron chi connectivity index (χ2n) is 3.76.